The molecule has 0 aromatic carbocycles. The van der Waals surface area contributed by atoms with Gasteiger partial charge in [0.2, 0.25) is 0 Å². The molecule has 0 aliphatic rings. The maximum absolute atomic E-state index is 10.6. The molecule has 0 fully saturated rings. The maximum Gasteiger partial charge on any atom is 0.345 e. The Balaban J connectivity index is 2.67. The number of aryl methyl sites for hydroxylation is 1. The van der Waals surface area contributed by atoms with E-state index < -0.39 is 5.97 Å². The van der Waals surface area contributed by atoms with Crippen LogP contribution in [0.4, 0.5) is 0 Å². The summed E-state index contributed by atoms with van der Waals surface area (Å²) in [6, 6.07) is 1.66. The van der Waals surface area contributed by atoms with Crippen LogP contribution in [0.5, 0.6) is 0 Å². The Morgan fingerprint density at radius 1 is 1.79 bits per heavy atom. The Hall–Kier alpha value is -1.13. The molecule has 0 bridgehead atoms. The van der Waals surface area contributed by atoms with E-state index in [9.17, 15) is 4.79 Å². The van der Waals surface area contributed by atoms with Crippen molar-refractivity contribution >= 4 is 17.3 Å². The fourth-order valence-electron chi connectivity index (χ4n) is 1.02. The van der Waals surface area contributed by atoms with Crippen LogP contribution < -0.4 is 0 Å². The van der Waals surface area contributed by atoms with Gasteiger partial charge in [0, 0.05) is 4.88 Å². The molecule has 0 aliphatic heterocycles. The van der Waals surface area contributed by atoms with Crippen LogP contribution in [0.25, 0.3) is 0 Å². The van der Waals surface area contributed by atoms with Gasteiger partial charge >= 0.3 is 5.97 Å². The summed E-state index contributed by atoms with van der Waals surface area (Å²) in [5, 5.41) is 8.75. The minimum absolute atomic E-state index is 0.361. The summed E-state index contributed by atoms with van der Waals surface area (Å²) < 4.78 is 5.24. The highest BCUT2D eigenvalue weighted by atomic mass is 32.1. The Labute approximate surface area is 86.6 Å². The molecule has 1 aromatic rings. The molecule has 0 spiro atoms. The van der Waals surface area contributed by atoms with Gasteiger partial charge in [-0.3, -0.25) is 0 Å². The van der Waals surface area contributed by atoms with Gasteiger partial charge in [0.25, 0.3) is 0 Å². The van der Waals surface area contributed by atoms with Crippen molar-refractivity contribution < 1.29 is 14.6 Å². The van der Waals surface area contributed by atoms with E-state index in [0.717, 1.165) is 10.4 Å². The molecule has 0 saturated heterocycles. The van der Waals surface area contributed by atoms with Gasteiger partial charge in [-0.05, 0) is 18.6 Å². The first-order valence-corrected chi connectivity index (χ1v) is 4.98. The topological polar surface area (TPSA) is 46.5 Å². The molecule has 0 radical (unpaired) electrons. The molecule has 0 atom stereocenters. The molecule has 1 heterocycles. The molecule has 1 N–H and O–H groups in total. The average molecular weight is 212 g/mol. The molecule has 1 rings (SSSR count). The summed E-state index contributed by atoms with van der Waals surface area (Å²) in [6.07, 6.45) is 1.67. The second kappa shape index (κ2) is 4.93. The minimum Gasteiger partial charge on any atom is -0.477 e. The van der Waals surface area contributed by atoms with Gasteiger partial charge in [0.1, 0.15) is 4.88 Å². The number of carbonyl (C=O) groups is 1. The van der Waals surface area contributed by atoms with Crippen LogP contribution in [0.1, 0.15) is 20.1 Å². The first-order chi connectivity index (χ1) is 6.65. The third kappa shape index (κ3) is 2.68. The molecule has 1 aromatic heterocycles. The van der Waals surface area contributed by atoms with Gasteiger partial charge in [-0.2, -0.15) is 0 Å². The third-order valence-electron chi connectivity index (χ3n) is 1.72. The van der Waals surface area contributed by atoms with E-state index in [4.69, 9.17) is 9.84 Å². The Morgan fingerprint density at radius 2 is 2.50 bits per heavy atom. The average Bonchev–Trinajstić information content (AvgIpc) is 2.49. The van der Waals surface area contributed by atoms with Gasteiger partial charge in [0.15, 0.2) is 0 Å². The van der Waals surface area contributed by atoms with Crippen LogP contribution in [0.3, 0.4) is 0 Å². The minimum atomic E-state index is -0.881. The number of hydrogen-bond acceptors (Lipinski definition) is 3. The summed E-state index contributed by atoms with van der Waals surface area (Å²) in [5.41, 5.74) is 0.939. The van der Waals surface area contributed by atoms with Crippen molar-refractivity contribution in [3.05, 3.63) is 34.0 Å². The quantitative estimate of drug-likeness (QED) is 0.602. The number of hydrogen-bond donors (Lipinski definition) is 1. The Kier molecular flexibility index (Phi) is 3.85. The van der Waals surface area contributed by atoms with E-state index in [1.165, 1.54) is 11.3 Å². The van der Waals surface area contributed by atoms with Crippen LogP contribution in [0.2, 0.25) is 0 Å². The fourth-order valence-corrected chi connectivity index (χ4v) is 1.89. The van der Waals surface area contributed by atoms with Crippen molar-refractivity contribution in [1.82, 2.24) is 0 Å². The second-order valence-electron chi connectivity index (χ2n) is 2.80. The van der Waals surface area contributed by atoms with Crippen molar-refractivity contribution in [3.63, 3.8) is 0 Å². The van der Waals surface area contributed by atoms with Gasteiger partial charge in [0.05, 0.1) is 13.2 Å². The molecular weight excluding hydrogens is 200 g/mol. The first-order valence-electron chi connectivity index (χ1n) is 4.16. The normalized spacial score (nSPS) is 10.1. The molecule has 0 aliphatic carbocycles. The van der Waals surface area contributed by atoms with E-state index in [-0.39, 0.29) is 0 Å². The van der Waals surface area contributed by atoms with Crippen molar-refractivity contribution in [2.75, 3.05) is 6.61 Å². The summed E-state index contributed by atoms with van der Waals surface area (Å²) in [5.74, 6) is -0.881. The number of carboxylic acids is 1. The van der Waals surface area contributed by atoms with Crippen molar-refractivity contribution in [2.45, 2.75) is 13.5 Å². The largest absolute Gasteiger partial charge is 0.477 e. The summed E-state index contributed by atoms with van der Waals surface area (Å²) in [6.45, 7) is 6.35. The van der Waals surface area contributed by atoms with E-state index in [1.807, 2.05) is 6.92 Å². The van der Waals surface area contributed by atoms with Crippen LogP contribution in [-0.2, 0) is 11.3 Å². The molecule has 14 heavy (non-hydrogen) atoms. The van der Waals surface area contributed by atoms with Crippen LogP contribution in [0.15, 0.2) is 18.7 Å². The molecule has 76 valence electrons. The number of rotatable bonds is 5. The second-order valence-corrected chi connectivity index (χ2v) is 4.06. The van der Waals surface area contributed by atoms with E-state index in [1.54, 1.807) is 12.1 Å². The lowest BCUT2D eigenvalue weighted by atomic mass is 10.2. The predicted molar refractivity (Wildman–Crippen MR) is 55.9 cm³/mol. The molecular formula is C10H12O3S. The number of thiophene rings is 1. The lowest BCUT2D eigenvalue weighted by molar-refractivity contribution is 0.0702. The monoisotopic (exact) mass is 212 g/mol. The highest BCUT2D eigenvalue weighted by Crippen LogP contribution is 2.22. The predicted octanol–water partition coefficient (Wildman–Crippen LogP) is 2.46. The molecule has 4 heteroatoms. The molecule has 3 nitrogen and oxygen atoms in total. The lowest BCUT2D eigenvalue weighted by Crippen LogP contribution is -1.93. The van der Waals surface area contributed by atoms with E-state index in [0.29, 0.717) is 18.1 Å². The summed E-state index contributed by atoms with van der Waals surface area (Å²) in [7, 11) is 0. The number of ether oxygens (including phenoxy) is 1. The zero-order chi connectivity index (χ0) is 10.6. The maximum atomic E-state index is 10.6. The zero-order valence-electron chi connectivity index (χ0n) is 7.95. The van der Waals surface area contributed by atoms with E-state index in [2.05, 4.69) is 6.58 Å². The smallest absolute Gasteiger partial charge is 0.345 e. The summed E-state index contributed by atoms with van der Waals surface area (Å²) in [4.78, 5) is 12.0. The van der Waals surface area contributed by atoms with Crippen molar-refractivity contribution in [1.29, 1.82) is 0 Å². The molecule has 0 unspecified atom stereocenters. The summed E-state index contributed by atoms with van der Waals surface area (Å²) >= 11 is 1.28. The molecule has 0 saturated carbocycles. The van der Waals surface area contributed by atoms with E-state index >= 15 is 0 Å². The first kappa shape index (κ1) is 10.9. The van der Waals surface area contributed by atoms with Gasteiger partial charge in [-0.1, -0.05) is 6.08 Å². The highest BCUT2D eigenvalue weighted by Gasteiger charge is 2.10. The SMILES string of the molecule is C=CCOCc1cc(C(=O)O)sc1C. The van der Waals surface area contributed by atoms with Crippen LogP contribution >= 0.6 is 11.3 Å². The highest BCUT2D eigenvalue weighted by molar-refractivity contribution is 7.14. The van der Waals surface area contributed by atoms with Gasteiger partial charge in [-0.15, -0.1) is 17.9 Å². The third-order valence-corrected chi connectivity index (χ3v) is 2.81. The van der Waals surface area contributed by atoms with Gasteiger partial charge in [-0.25, -0.2) is 4.79 Å². The number of aromatic carboxylic acids is 1. The number of carboxylic acid groups (broad SMARTS) is 1. The Morgan fingerprint density at radius 3 is 3.00 bits per heavy atom. The van der Waals surface area contributed by atoms with Crippen LogP contribution in [-0.4, -0.2) is 17.7 Å². The lowest BCUT2D eigenvalue weighted by Gasteiger charge is -1.98. The standard InChI is InChI=1S/C10H12O3S/c1-3-4-13-6-8-5-9(10(11)12)14-7(8)2/h3,5H,1,4,6H2,2H3,(H,11,12). The van der Waals surface area contributed by atoms with Crippen LogP contribution in [0, 0.1) is 6.92 Å². The zero-order valence-corrected chi connectivity index (χ0v) is 8.76. The van der Waals surface area contributed by atoms with Crippen molar-refractivity contribution in [3.8, 4) is 0 Å². The molecule has 0 amide bonds. The van der Waals surface area contributed by atoms with Gasteiger partial charge < -0.3 is 9.84 Å². The Bertz CT molecular complexity index is 341. The fraction of sp³-hybridized carbons (Fsp3) is 0.300. The van der Waals surface area contributed by atoms with Crippen molar-refractivity contribution in [2.24, 2.45) is 0 Å².